The highest BCUT2D eigenvalue weighted by Crippen LogP contribution is 2.35. The van der Waals surface area contributed by atoms with Crippen LogP contribution in [0, 0.1) is 0 Å². The molecule has 1 atom stereocenters. The van der Waals surface area contributed by atoms with Crippen molar-refractivity contribution in [1.82, 2.24) is 0 Å². The molecule has 2 N–H and O–H groups in total. The van der Waals surface area contributed by atoms with Crippen LogP contribution < -0.4 is 5.73 Å². The standard InChI is InChI=1S/C13H18F3N/c1-3-4-10-5-11(8-17)7-12(6-10)9(2)13(14,15)16/h5-7,9H,3-4,8,17H2,1-2H3. The van der Waals surface area contributed by atoms with Crippen LogP contribution in [0.3, 0.4) is 0 Å². The summed E-state index contributed by atoms with van der Waals surface area (Å²) in [5, 5.41) is 0. The molecule has 1 aromatic rings. The van der Waals surface area contributed by atoms with Crippen molar-refractivity contribution in [3.8, 4) is 0 Å². The molecule has 1 nitrogen and oxygen atoms in total. The third-order valence-electron chi connectivity index (χ3n) is 2.84. The Morgan fingerprint density at radius 3 is 2.24 bits per heavy atom. The van der Waals surface area contributed by atoms with Crippen LogP contribution in [0.15, 0.2) is 18.2 Å². The zero-order valence-corrected chi connectivity index (χ0v) is 10.1. The van der Waals surface area contributed by atoms with Crippen molar-refractivity contribution in [2.75, 3.05) is 0 Å². The molecule has 96 valence electrons. The van der Waals surface area contributed by atoms with Crippen LogP contribution in [0.2, 0.25) is 0 Å². The molecule has 0 spiro atoms. The molecule has 0 heterocycles. The van der Waals surface area contributed by atoms with Crippen LogP contribution >= 0.6 is 0 Å². The molecule has 1 unspecified atom stereocenters. The summed E-state index contributed by atoms with van der Waals surface area (Å²) in [6.45, 7) is 3.46. The first-order valence-corrected chi connectivity index (χ1v) is 5.78. The lowest BCUT2D eigenvalue weighted by atomic mass is 9.94. The van der Waals surface area contributed by atoms with Gasteiger partial charge < -0.3 is 5.73 Å². The Kier molecular flexibility index (Phi) is 4.57. The molecule has 0 fully saturated rings. The lowest BCUT2D eigenvalue weighted by Crippen LogP contribution is -2.18. The van der Waals surface area contributed by atoms with E-state index >= 15 is 0 Å². The van der Waals surface area contributed by atoms with Crippen molar-refractivity contribution in [2.24, 2.45) is 5.73 Å². The first kappa shape index (κ1) is 14.0. The number of hydrogen-bond donors (Lipinski definition) is 1. The lowest BCUT2D eigenvalue weighted by molar-refractivity contribution is -0.146. The molecular weight excluding hydrogens is 227 g/mol. The Labute approximate surface area is 99.8 Å². The minimum Gasteiger partial charge on any atom is -0.326 e. The molecule has 1 aromatic carbocycles. The summed E-state index contributed by atoms with van der Waals surface area (Å²) >= 11 is 0. The van der Waals surface area contributed by atoms with Gasteiger partial charge in [0, 0.05) is 6.54 Å². The van der Waals surface area contributed by atoms with Crippen molar-refractivity contribution < 1.29 is 13.2 Å². The molecule has 0 aromatic heterocycles. The predicted octanol–water partition coefficient (Wildman–Crippen LogP) is 3.76. The smallest absolute Gasteiger partial charge is 0.326 e. The highest BCUT2D eigenvalue weighted by atomic mass is 19.4. The van der Waals surface area contributed by atoms with E-state index in [1.165, 1.54) is 6.92 Å². The summed E-state index contributed by atoms with van der Waals surface area (Å²) in [5.41, 5.74) is 7.52. The quantitative estimate of drug-likeness (QED) is 0.858. The van der Waals surface area contributed by atoms with Gasteiger partial charge in [-0.05, 0) is 30.0 Å². The first-order chi connectivity index (χ1) is 7.88. The minimum atomic E-state index is -4.20. The van der Waals surface area contributed by atoms with E-state index in [4.69, 9.17) is 5.73 Å². The summed E-state index contributed by atoms with van der Waals surface area (Å²) < 4.78 is 38.0. The molecule has 0 aliphatic heterocycles. The summed E-state index contributed by atoms with van der Waals surface area (Å²) in [5.74, 6) is -1.44. The van der Waals surface area contributed by atoms with Gasteiger partial charge in [0.25, 0.3) is 0 Å². The minimum absolute atomic E-state index is 0.273. The Hall–Kier alpha value is -1.03. The molecule has 1 rings (SSSR count). The Morgan fingerprint density at radius 2 is 1.76 bits per heavy atom. The fourth-order valence-corrected chi connectivity index (χ4v) is 1.78. The number of alkyl halides is 3. The number of benzene rings is 1. The zero-order valence-electron chi connectivity index (χ0n) is 10.1. The van der Waals surface area contributed by atoms with Gasteiger partial charge in [-0.15, -0.1) is 0 Å². The Balaban J connectivity index is 3.10. The van der Waals surface area contributed by atoms with E-state index in [0.29, 0.717) is 5.56 Å². The van der Waals surface area contributed by atoms with Crippen molar-refractivity contribution in [2.45, 2.75) is 45.3 Å². The Bertz CT molecular complexity index is 371. The van der Waals surface area contributed by atoms with E-state index in [9.17, 15) is 13.2 Å². The third kappa shape index (κ3) is 3.73. The topological polar surface area (TPSA) is 26.0 Å². The number of aryl methyl sites for hydroxylation is 1. The van der Waals surface area contributed by atoms with E-state index in [-0.39, 0.29) is 6.54 Å². The molecule has 0 saturated heterocycles. The van der Waals surface area contributed by atoms with Gasteiger partial charge >= 0.3 is 6.18 Å². The average molecular weight is 245 g/mol. The van der Waals surface area contributed by atoms with Gasteiger partial charge in [0.05, 0.1) is 5.92 Å². The number of rotatable bonds is 4. The van der Waals surface area contributed by atoms with E-state index < -0.39 is 12.1 Å². The second kappa shape index (κ2) is 5.54. The second-order valence-electron chi connectivity index (χ2n) is 4.30. The molecule has 0 aliphatic rings. The van der Waals surface area contributed by atoms with Gasteiger partial charge in [-0.1, -0.05) is 31.5 Å². The fourth-order valence-electron chi connectivity index (χ4n) is 1.78. The van der Waals surface area contributed by atoms with Gasteiger partial charge in [-0.2, -0.15) is 13.2 Å². The predicted molar refractivity (Wildman–Crippen MR) is 62.8 cm³/mol. The maximum absolute atomic E-state index is 12.7. The molecule has 0 bridgehead atoms. The van der Waals surface area contributed by atoms with Gasteiger partial charge in [0.2, 0.25) is 0 Å². The molecule has 0 saturated carbocycles. The largest absolute Gasteiger partial charge is 0.395 e. The number of hydrogen-bond acceptors (Lipinski definition) is 1. The van der Waals surface area contributed by atoms with Crippen LogP contribution in [-0.4, -0.2) is 6.18 Å². The first-order valence-electron chi connectivity index (χ1n) is 5.78. The highest BCUT2D eigenvalue weighted by molar-refractivity contribution is 5.33. The van der Waals surface area contributed by atoms with Gasteiger partial charge in [0.1, 0.15) is 0 Å². The average Bonchev–Trinajstić information content (AvgIpc) is 2.26. The van der Waals surface area contributed by atoms with E-state index in [0.717, 1.165) is 24.0 Å². The highest BCUT2D eigenvalue weighted by Gasteiger charge is 2.37. The molecule has 4 heteroatoms. The summed E-state index contributed by atoms with van der Waals surface area (Å²) in [6.07, 6.45) is -2.50. The van der Waals surface area contributed by atoms with Crippen molar-refractivity contribution in [1.29, 1.82) is 0 Å². The van der Waals surface area contributed by atoms with E-state index in [1.807, 2.05) is 13.0 Å². The summed E-state index contributed by atoms with van der Waals surface area (Å²) in [6, 6.07) is 5.08. The number of halogens is 3. The third-order valence-corrected chi connectivity index (χ3v) is 2.84. The monoisotopic (exact) mass is 245 g/mol. The van der Waals surface area contributed by atoms with Crippen LogP contribution in [-0.2, 0) is 13.0 Å². The van der Waals surface area contributed by atoms with Gasteiger partial charge in [-0.25, -0.2) is 0 Å². The molecule has 0 aliphatic carbocycles. The van der Waals surface area contributed by atoms with E-state index in [2.05, 4.69) is 0 Å². The van der Waals surface area contributed by atoms with Crippen LogP contribution in [0.25, 0.3) is 0 Å². The SMILES string of the molecule is CCCc1cc(CN)cc(C(C)C(F)(F)F)c1. The zero-order chi connectivity index (χ0) is 13.1. The lowest BCUT2D eigenvalue weighted by Gasteiger charge is -2.18. The maximum Gasteiger partial charge on any atom is 0.395 e. The normalized spacial score (nSPS) is 13.8. The summed E-state index contributed by atoms with van der Waals surface area (Å²) in [7, 11) is 0. The van der Waals surface area contributed by atoms with Crippen LogP contribution in [0.1, 0.15) is 42.9 Å². The van der Waals surface area contributed by atoms with Crippen LogP contribution in [0.4, 0.5) is 13.2 Å². The molecule has 0 radical (unpaired) electrons. The molecular formula is C13H18F3N. The van der Waals surface area contributed by atoms with Crippen molar-refractivity contribution >= 4 is 0 Å². The van der Waals surface area contributed by atoms with E-state index in [1.54, 1.807) is 12.1 Å². The summed E-state index contributed by atoms with van der Waals surface area (Å²) in [4.78, 5) is 0. The van der Waals surface area contributed by atoms with Gasteiger partial charge in [0.15, 0.2) is 0 Å². The van der Waals surface area contributed by atoms with Crippen molar-refractivity contribution in [3.05, 3.63) is 34.9 Å². The van der Waals surface area contributed by atoms with Gasteiger partial charge in [-0.3, -0.25) is 0 Å². The van der Waals surface area contributed by atoms with Crippen LogP contribution in [0.5, 0.6) is 0 Å². The fraction of sp³-hybridized carbons (Fsp3) is 0.538. The van der Waals surface area contributed by atoms with Crippen molar-refractivity contribution in [3.63, 3.8) is 0 Å². The Morgan fingerprint density at radius 1 is 1.18 bits per heavy atom. The second-order valence-corrected chi connectivity index (χ2v) is 4.30. The molecule has 17 heavy (non-hydrogen) atoms. The molecule has 0 amide bonds. The number of nitrogens with two attached hydrogens (primary N) is 1. The maximum atomic E-state index is 12.7.